The van der Waals surface area contributed by atoms with E-state index < -0.39 is 29.3 Å². The van der Waals surface area contributed by atoms with Gasteiger partial charge in [-0.25, -0.2) is 0 Å². The minimum atomic E-state index is -0.679. The van der Waals surface area contributed by atoms with Crippen LogP contribution in [-0.4, -0.2) is 29.3 Å². The van der Waals surface area contributed by atoms with Crippen molar-refractivity contribution in [3.63, 3.8) is 0 Å². The quantitative estimate of drug-likeness (QED) is 0.463. The fourth-order valence-electron chi connectivity index (χ4n) is 1.86. The lowest BCUT2D eigenvalue weighted by atomic mass is 10.2. The molecule has 0 radical (unpaired) electrons. The maximum Gasteiger partial charge on any atom is 0.309 e. The van der Waals surface area contributed by atoms with Gasteiger partial charge in [-0.1, -0.05) is 6.92 Å². The summed E-state index contributed by atoms with van der Waals surface area (Å²) in [4.78, 5) is 44.5. The van der Waals surface area contributed by atoms with E-state index in [9.17, 15) is 24.5 Å². The molecule has 0 heterocycles. The van der Waals surface area contributed by atoms with Crippen molar-refractivity contribution in [3.05, 3.63) is 39.9 Å². The molecule has 122 valence electrons. The molecule has 0 bridgehead atoms. The summed E-state index contributed by atoms with van der Waals surface area (Å²) in [6, 6.07) is 4.87. The maximum atomic E-state index is 11.7. The Balaban J connectivity index is 1.73. The van der Waals surface area contributed by atoms with E-state index in [4.69, 9.17) is 4.74 Å². The normalized spacial score (nSPS) is 18.7. The first-order valence-electron chi connectivity index (χ1n) is 6.88. The third kappa shape index (κ3) is 4.50. The van der Waals surface area contributed by atoms with E-state index in [1.54, 1.807) is 0 Å². The van der Waals surface area contributed by atoms with E-state index in [0.29, 0.717) is 0 Å². The molecule has 2 unspecified atom stereocenters. The summed E-state index contributed by atoms with van der Waals surface area (Å²) in [6.45, 7) is 1.43. The summed E-state index contributed by atoms with van der Waals surface area (Å²) in [6.07, 6.45) is 0.761. The number of amides is 2. The molecule has 0 aromatic heterocycles. The Morgan fingerprint density at radius 3 is 2.39 bits per heavy atom. The molecule has 1 aliphatic carbocycles. The Kier molecular flexibility index (Phi) is 4.89. The number of non-ortho nitro benzene ring substituents is 1. The summed E-state index contributed by atoms with van der Waals surface area (Å²) in [5.74, 6) is -1.60. The average Bonchev–Trinajstić information content (AvgIpc) is 3.27. The van der Waals surface area contributed by atoms with E-state index >= 15 is 0 Å². The third-order valence-corrected chi connectivity index (χ3v) is 3.41. The van der Waals surface area contributed by atoms with Crippen molar-refractivity contribution in [1.29, 1.82) is 0 Å². The van der Waals surface area contributed by atoms with E-state index in [-0.39, 0.29) is 23.1 Å². The lowest BCUT2D eigenvalue weighted by Gasteiger charge is -2.08. The fraction of sp³-hybridized carbons (Fsp3) is 0.357. The highest BCUT2D eigenvalue weighted by Gasteiger charge is 2.40. The first-order chi connectivity index (χ1) is 10.9. The van der Waals surface area contributed by atoms with Crippen LogP contribution in [0.15, 0.2) is 24.3 Å². The van der Waals surface area contributed by atoms with E-state index in [1.165, 1.54) is 24.3 Å². The van der Waals surface area contributed by atoms with Gasteiger partial charge in [-0.05, 0) is 24.5 Å². The SMILES string of the molecule is CC1CC1C(=O)OCC(=O)NNC(=O)c1ccc([N+](=O)[O-])cc1. The zero-order chi connectivity index (χ0) is 17.0. The number of hydrogen-bond donors (Lipinski definition) is 2. The van der Waals surface area contributed by atoms with Crippen LogP contribution in [0.5, 0.6) is 0 Å². The smallest absolute Gasteiger partial charge is 0.309 e. The Bertz CT molecular complexity index is 642. The number of nitro benzene ring substituents is 1. The molecule has 1 aliphatic rings. The molecule has 1 fully saturated rings. The van der Waals surface area contributed by atoms with Crippen LogP contribution >= 0.6 is 0 Å². The van der Waals surface area contributed by atoms with Gasteiger partial charge in [0.25, 0.3) is 17.5 Å². The number of nitrogens with one attached hydrogen (secondary N) is 2. The fourth-order valence-corrected chi connectivity index (χ4v) is 1.86. The van der Waals surface area contributed by atoms with Crippen molar-refractivity contribution in [2.24, 2.45) is 11.8 Å². The summed E-state index contributed by atoms with van der Waals surface area (Å²) in [7, 11) is 0. The highest BCUT2D eigenvalue weighted by atomic mass is 16.6. The van der Waals surface area contributed by atoms with Crippen molar-refractivity contribution in [2.45, 2.75) is 13.3 Å². The molecule has 9 nitrogen and oxygen atoms in total. The zero-order valence-corrected chi connectivity index (χ0v) is 12.3. The number of hydrazine groups is 1. The van der Waals surface area contributed by atoms with Crippen LogP contribution in [-0.2, 0) is 14.3 Å². The molecule has 2 atom stereocenters. The number of nitro groups is 1. The summed E-state index contributed by atoms with van der Waals surface area (Å²) >= 11 is 0. The second-order valence-electron chi connectivity index (χ2n) is 5.23. The number of esters is 1. The average molecular weight is 321 g/mol. The molecule has 1 saturated carbocycles. The van der Waals surface area contributed by atoms with Gasteiger partial charge >= 0.3 is 5.97 Å². The number of rotatable bonds is 5. The van der Waals surface area contributed by atoms with Gasteiger partial charge in [-0.15, -0.1) is 0 Å². The van der Waals surface area contributed by atoms with E-state index in [0.717, 1.165) is 6.42 Å². The molecule has 9 heteroatoms. The number of carbonyl (C=O) groups excluding carboxylic acids is 3. The van der Waals surface area contributed by atoms with Gasteiger partial charge in [0.2, 0.25) is 0 Å². The first kappa shape index (κ1) is 16.4. The van der Waals surface area contributed by atoms with Gasteiger partial charge in [0, 0.05) is 17.7 Å². The van der Waals surface area contributed by atoms with Crippen LogP contribution in [0.25, 0.3) is 0 Å². The summed E-state index contributed by atoms with van der Waals surface area (Å²) in [5.41, 5.74) is 4.21. The Hall–Kier alpha value is -2.97. The summed E-state index contributed by atoms with van der Waals surface area (Å²) in [5, 5.41) is 10.5. The number of carbonyl (C=O) groups is 3. The molecule has 0 aliphatic heterocycles. The monoisotopic (exact) mass is 321 g/mol. The van der Waals surface area contributed by atoms with Gasteiger partial charge in [0.1, 0.15) is 0 Å². The number of nitrogens with zero attached hydrogens (tertiary/aromatic N) is 1. The molecule has 0 spiro atoms. The standard InChI is InChI=1S/C14H15N3O6/c1-8-6-11(8)14(20)23-7-12(18)15-16-13(19)9-2-4-10(5-3-9)17(21)22/h2-5,8,11H,6-7H2,1H3,(H,15,18)(H,16,19). The van der Waals surface area contributed by atoms with Gasteiger partial charge in [0.15, 0.2) is 6.61 Å². The van der Waals surface area contributed by atoms with Crippen molar-refractivity contribution < 1.29 is 24.0 Å². The van der Waals surface area contributed by atoms with Crippen molar-refractivity contribution in [1.82, 2.24) is 10.9 Å². The van der Waals surface area contributed by atoms with Gasteiger partial charge in [0.05, 0.1) is 10.8 Å². The van der Waals surface area contributed by atoms with Crippen molar-refractivity contribution in [2.75, 3.05) is 6.61 Å². The molecular weight excluding hydrogens is 306 g/mol. The predicted molar refractivity (Wildman–Crippen MR) is 76.9 cm³/mol. The molecule has 23 heavy (non-hydrogen) atoms. The number of ether oxygens (including phenoxy) is 1. The van der Waals surface area contributed by atoms with E-state index in [1.807, 2.05) is 6.92 Å². The van der Waals surface area contributed by atoms with Crippen LogP contribution in [0, 0.1) is 22.0 Å². The predicted octanol–water partition coefficient (Wildman–Crippen LogP) is 0.555. The van der Waals surface area contributed by atoms with Crippen LogP contribution < -0.4 is 10.9 Å². The largest absolute Gasteiger partial charge is 0.455 e. The molecule has 2 rings (SSSR count). The highest BCUT2D eigenvalue weighted by Crippen LogP contribution is 2.38. The Labute approximate surface area is 131 Å². The highest BCUT2D eigenvalue weighted by molar-refractivity contribution is 5.95. The van der Waals surface area contributed by atoms with Crippen LogP contribution in [0.1, 0.15) is 23.7 Å². The number of hydrogen-bond acceptors (Lipinski definition) is 6. The molecular formula is C14H15N3O6. The number of benzene rings is 1. The molecule has 0 saturated heterocycles. The Morgan fingerprint density at radius 2 is 1.87 bits per heavy atom. The molecule has 2 N–H and O–H groups in total. The van der Waals surface area contributed by atoms with Gasteiger partial charge in [-0.2, -0.15) is 0 Å². The topological polar surface area (TPSA) is 128 Å². The third-order valence-electron chi connectivity index (χ3n) is 3.41. The maximum absolute atomic E-state index is 11.7. The minimum Gasteiger partial charge on any atom is -0.455 e. The van der Waals surface area contributed by atoms with Crippen LogP contribution in [0.4, 0.5) is 5.69 Å². The van der Waals surface area contributed by atoms with Gasteiger partial charge in [-0.3, -0.25) is 35.3 Å². The van der Waals surface area contributed by atoms with E-state index in [2.05, 4.69) is 10.9 Å². The lowest BCUT2D eigenvalue weighted by molar-refractivity contribution is -0.384. The molecule has 1 aromatic carbocycles. The second kappa shape index (κ2) is 6.86. The minimum absolute atomic E-state index is 0.139. The Morgan fingerprint density at radius 1 is 1.26 bits per heavy atom. The van der Waals surface area contributed by atoms with Crippen LogP contribution in [0.2, 0.25) is 0 Å². The van der Waals surface area contributed by atoms with Gasteiger partial charge < -0.3 is 4.74 Å². The second-order valence-corrected chi connectivity index (χ2v) is 5.23. The zero-order valence-electron chi connectivity index (χ0n) is 12.3. The molecule has 1 aromatic rings. The summed E-state index contributed by atoms with van der Waals surface area (Å²) < 4.78 is 4.80. The molecule has 2 amide bonds. The lowest BCUT2D eigenvalue weighted by Crippen LogP contribution is -2.43. The van der Waals surface area contributed by atoms with Crippen LogP contribution in [0.3, 0.4) is 0 Å². The van der Waals surface area contributed by atoms with Crippen molar-refractivity contribution in [3.8, 4) is 0 Å². The first-order valence-corrected chi connectivity index (χ1v) is 6.88. The van der Waals surface area contributed by atoms with Crippen molar-refractivity contribution >= 4 is 23.5 Å².